The van der Waals surface area contributed by atoms with Gasteiger partial charge < -0.3 is 0 Å². The Morgan fingerprint density at radius 1 is 1.37 bits per heavy atom. The first-order valence-electron chi connectivity index (χ1n) is 7.02. The van der Waals surface area contributed by atoms with Crippen molar-refractivity contribution in [3.05, 3.63) is 34.6 Å². The minimum absolute atomic E-state index is 0.264. The second-order valence-electron chi connectivity index (χ2n) is 6.68. The first-order chi connectivity index (χ1) is 8.86. The van der Waals surface area contributed by atoms with Crippen molar-refractivity contribution in [3.8, 4) is 0 Å². The molecule has 0 saturated carbocycles. The smallest absolute Gasteiger partial charge is 0.124 e. The lowest BCUT2D eigenvalue weighted by Gasteiger charge is -2.39. The lowest BCUT2D eigenvalue weighted by atomic mass is 9.76. The summed E-state index contributed by atoms with van der Waals surface area (Å²) in [5, 5.41) is 0.540. The number of nitrogens with zero attached hydrogens (tertiary/aromatic N) is 1. The highest BCUT2D eigenvalue weighted by Gasteiger charge is 2.29. The van der Waals surface area contributed by atoms with Crippen LogP contribution in [0.2, 0.25) is 5.02 Å². The summed E-state index contributed by atoms with van der Waals surface area (Å²) >= 11 is 6.11. The van der Waals surface area contributed by atoms with Gasteiger partial charge in [0.25, 0.3) is 0 Å². The molecule has 1 atom stereocenters. The number of piperidine rings is 1. The van der Waals surface area contributed by atoms with Crippen molar-refractivity contribution >= 4 is 11.6 Å². The normalized spacial score (nSPS) is 21.6. The third kappa shape index (κ3) is 3.93. The first kappa shape index (κ1) is 14.8. The summed E-state index contributed by atoms with van der Waals surface area (Å²) in [4.78, 5) is 2.44. The molecule has 106 valence electrons. The molecule has 1 aliphatic rings. The summed E-state index contributed by atoms with van der Waals surface area (Å²) in [5.41, 5.74) is 1.38. The van der Waals surface area contributed by atoms with Crippen LogP contribution in [-0.2, 0) is 6.54 Å². The summed E-state index contributed by atoms with van der Waals surface area (Å²) in [6.07, 6.45) is 2.54. The van der Waals surface area contributed by atoms with Crippen LogP contribution in [0.5, 0.6) is 0 Å². The topological polar surface area (TPSA) is 3.24 Å². The minimum atomic E-state index is -0.264. The van der Waals surface area contributed by atoms with E-state index in [0.717, 1.165) is 31.1 Å². The molecule has 0 radical (unpaired) electrons. The van der Waals surface area contributed by atoms with E-state index < -0.39 is 0 Å². The maximum absolute atomic E-state index is 13.0. The van der Waals surface area contributed by atoms with Gasteiger partial charge in [-0.05, 0) is 48.4 Å². The molecule has 1 aliphatic heterocycles. The van der Waals surface area contributed by atoms with Gasteiger partial charge in [-0.15, -0.1) is 0 Å². The van der Waals surface area contributed by atoms with Gasteiger partial charge in [0.1, 0.15) is 5.82 Å². The van der Waals surface area contributed by atoms with Crippen molar-refractivity contribution in [1.29, 1.82) is 0 Å². The predicted molar refractivity (Wildman–Crippen MR) is 78.9 cm³/mol. The van der Waals surface area contributed by atoms with Gasteiger partial charge in [-0.1, -0.05) is 38.4 Å². The van der Waals surface area contributed by atoms with E-state index in [1.807, 2.05) is 0 Å². The summed E-state index contributed by atoms with van der Waals surface area (Å²) < 4.78 is 13.0. The minimum Gasteiger partial charge on any atom is -0.299 e. The third-order valence-corrected chi connectivity index (χ3v) is 4.49. The van der Waals surface area contributed by atoms with Crippen LogP contribution in [0, 0.1) is 17.2 Å². The van der Waals surface area contributed by atoms with Crippen LogP contribution in [0.3, 0.4) is 0 Å². The fraction of sp³-hybridized carbons (Fsp3) is 0.625. The van der Waals surface area contributed by atoms with Crippen molar-refractivity contribution in [2.75, 3.05) is 13.1 Å². The standard InChI is InChI=1S/C16H23ClFN/c1-16(2,3)13-5-4-8-19(11-13)10-12-6-7-14(18)9-15(12)17/h6-7,9,13H,4-5,8,10-11H2,1-3H3. The molecule has 1 unspecified atom stereocenters. The van der Waals surface area contributed by atoms with E-state index in [2.05, 4.69) is 25.7 Å². The fourth-order valence-corrected chi connectivity index (χ4v) is 3.02. The molecular weight excluding hydrogens is 261 g/mol. The van der Waals surface area contributed by atoms with Gasteiger partial charge in [0, 0.05) is 18.1 Å². The number of benzene rings is 1. The Kier molecular flexibility index (Phi) is 4.52. The highest BCUT2D eigenvalue weighted by molar-refractivity contribution is 6.31. The SMILES string of the molecule is CC(C)(C)C1CCCN(Cc2ccc(F)cc2Cl)C1. The molecule has 1 nitrogen and oxygen atoms in total. The largest absolute Gasteiger partial charge is 0.299 e. The van der Waals surface area contributed by atoms with Crippen LogP contribution in [0.25, 0.3) is 0 Å². The summed E-state index contributed by atoms with van der Waals surface area (Å²) in [6.45, 7) is 9.98. The van der Waals surface area contributed by atoms with Crippen molar-refractivity contribution in [2.45, 2.75) is 40.2 Å². The van der Waals surface area contributed by atoms with E-state index in [1.165, 1.54) is 25.0 Å². The van der Waals surface area contributed by atoms with Crippen LogP contribution in [-0.4, -0.2) is 18.0 Å². The van der Waals surface area contributed by atoms with Gasteiger partial charge in [-0.25, -0.2) is 4.39 Å². The lowest BCUT2D eigenvalue weighted by Crippen LogP contribution is -2.40. The Balaban J connectivity index is 2.03. The number of hydrogen-bond donors (Lipinski definition) is 0. The van der Waals surface area contributed by atoms with Crippen molar-refractivity contribution in [1.82, 2.24) is 4.90 Å². The van der Waals surface area contributed by atoms with Crippen LogP contribution in [0.4, 0.5) is 4.39 Å². The first-order valence-corrected chi connectivity index (χ1v) is 7.40. The zero-order chi connectivity index (χ0) is 14.0. The van der Waals surface area contributed by atoms with E-state index >= 15 is 0 Å². The third-order valence-electron chi connectivity index (χ3n) is 4.14. The molecule has 2 rings (SSSR count). The summed E-state index contributed by atoms with van der Waals surface area (Å²) in [7, 11) is 0. The number of likely N-dealkylation sites (tertiary alicyclic amines) is 1. The Labute approximate surface area is 120 Å². The second-order valence-corrected chi connectivity index (χ2v) is 7.08. The van der Waals surface area contributed by atoms with Crippen molar-refractivity contribution in [3.63, 3.8) is 0 Å². The zero-order valence-corrected chi connectivity index (χ0v) is 12.8. The molecule has 0 N–H and O–H groups in total. The molecule has 0 aromatic heterocycles. The van der Waals surface area contributed by atoms with Gasteiger partial charge in [0.05, 0.1) is 0 Å². The number of rotatable bonds is 2. The van der Waals surface area contributed by atoms with Crippen LogP contribution < -0.4 is 0 Å². The molecule has 1 aromatic carbocycles. The summed E-state index contributed by atoms with van der Waals surface area (Å²) in [6, 6.07) is 4.70. The van der Waals surface area contributed by atoms with E-state index in [9.17, 15) is 4.39 Å². The second kappa shape index (κ2) is 5.80. The molecule has 0 amide bonds. The molecule has 1 fully saturated rings. The van der Waals surface area contributed by atoms with Gasteiger partial charge in [-0.2, -0.15) is 0 Å². The quantitative estimate of drug-likeness (QED) is 0.758. The summed E-state index contributed by atoms with van der Waals surface area (Å²) in [5.74, 6) is 0.459. The average molecular weight is 284 g/mol. The molecular formula is C16H23ClFN. The lowest BCUT2D eigenvalue weighted by molar-refractivity contribution is 0.0943. The maximum Gasteiger partial charge on any atom is 0.124 e. The molecule has 0 bridgehead atoms. The number of hydrogen-bond acceptors (Lipinski definition) is 1. The highest BCUT2D eigenvalue weighted by Crippen LogP contribution is 2.34. The predicted octanol–water partition coefficient (Wildman–Crippen LogP) is 4.74. The Morgan fingerprint density at radius 2 is 2.11 bits per heavy atom. The molecule has 1 heterocycles. The van der Waals surface area contributed by atoms with E-state index in [-0.39, 0.29) is 5.82 Å². The molecule has 3 heteroatoms. The highest BCUT2D eigenvalue weighted by atomic mass is 35.5. The van der Waals surface area contributed by atoms with Crippen LogP contribution in [0.15, 0.2) is 18.2 Å². The fourth-order valence-electron chi connectivity index (χ4n) is 2.80. The Bertz CT molecular complexity index is 439. The van der Waals surface area contributed by atoms with E-state index in [0.29, 0.717) is 10.4 Å². The van der Waals surface area contributed by atoms with Gasteiger partial charge >= 0.3 is 0 Å². The molecule has 19 heavy (non-hydrogen) atoms. The van der Waals surface area contributed by atoms with Crippen LogP contribution >= 0.6 is 11.6 Å². The average Bonchev–Trinajstić information content (AvgIpc) is 2.32. The van der Waals surface area contributed by atoms with Gasteiger partial charge in [-0.3, -0.25) is 4.90 Å². The van der Waals surface area contributed by atoms with Gasteiger partial charge in [0.15, 0.2) is 0 Å². The monoisotopic (exact) mass is 283 g/mol. The van der Waals surface area contributed by atoms with E-state index in [1.54, 1.807) is 6.07 Å². The Hall–Kier alpha value is -0.600. The van der Waals surface area contributed by atoms with Gasteiger partial charge in [0.2, 0.25) is 0 Å². The molecule has 0 aliphatic carbocycles. The van der Waals surface area contributed by atoms with Crippen molar-refractivity contribution in [2.24, 2.45) is 11.3 Å². The van der Waals surface area contributed by atoms with E-state index in [4.69, 9.17) is 11.6 Å². The zero-order valence-electron chi connectivity index (χ0n) is 12.0. The maximum atomic E-state index is 13.0. The number of halogens is 2. The molecule has 1 saturated heterocycles. The van der Waals surface area contributed by atoms with Crippen molar-refractivity contribution < 1.29 is 4.39 Å². The molecule has 1 aromatic rings. The Morgan fingerprint density at radius 3 is 2.74 bits per heavy atom. The van der Waals surface area contributed by atoms with Crippen LogP contribution in [0.1, 0.15) is 39.2 Å². The molecule has 0 spiro atoms.